The molecule has 1 aliphatic rings. The predicted molar refractivity (Wildman–Crippen MR) is 102 cm³/mol. The van der Waals surface area contributed by atoms with E-state index >= 15 is 0 Å². The fraction of sp³-hybridized carbons (Fsp3) is 0.412. The fourth-order valence-electron chi connectivity index (χ4n) is 2.34. The van der Waals surface area contributed by atoms with Crippen molar-refractivity contribution in [2.45, 2.75) is 19.3 Å². The SMILES string of the molecule is C1CCNCC1.O=CNc1cc(-c2cncc(NCCO)n2)c(Cl)cn1. The van der Waals surface area contributed by atoms with Crippen molar-refractivity contribution < 1.29 is 9.90 Å². The number of carbonyl (C=O) groups excluding carboxylic acids is 1. The van der Waals surface area contributed by atoms with Gasteiger partial charge in [0.15, 0.2) is 0 Å². The number of hydrogen-bond acceptors (Lipinski definition) is 7. The summed E-state index contributed by atoms with van der Waals surface area (Å²) in [6.45, 7) is 2.87. The van der Waals surface area contributed by atoms with Crippen LogP contribution in [0.4, 0.5) is 11.6 Å². The summed E-state index contributed by atoms with van der Waals surface area (Å²) in [5.74, 6) is 0.893. The molecule has 9 heteroatoms. The Kier molecular flexibility index (Phi) is 8.74. The van der Waals surface area contributed by atoms with Gasteiger partial charge < -0.3 is 21.1 Å². The number of aliphatic hydroxyl groups excluding tert-OH is 1. The van der Waals surface area contributed by atoms with Crippen molar-refractivity contribution in [1.29, 1.82) is 0 Å². The Bertz CT molecular complexity index is 685. The molecule has 8 nitrogen and oxygen atoms in total. The van der Waals surface area contributed by atoms with Gasteiger partial charge in [0.25, 0.3) is 0 Å². The van der Waals surface area contributed by atoms with Gasteiger partial charge in [-0.15, -0.1) is 0 Å². The van der Waals surface area contributed by atoms with Crippen molar-refractivity contribution in [1.82, 2.24) is 20.3 Å². The third kappa shape index (κ3) is 6.55. The molecule has 0 aromatic carbocycles. The maximum absolute atomic E-state index is 10.4. The molecule has 3 heterocycles. The van der Waals surface area contributed by atoms with E-state index in [0.29, 0.717) is 40.9 Å². The van der Waals surface area contributed by atoms with Crippen LogP contribution in [0.5, 0.6) is 0 Å². The van der Waals surface area contributed by atoms with Gasteiger partial charge in [0.2, 0.25) is 6.41 Å². The largest absolute Gasteiger partial charge is 0.395 e. The number of rotatable bonds is 6. The van der Waals surface area contributed by atoms with Crippen molar-refractivity contribution in [2.24, 2.45) is 0 Å². The number of piperidine rings is 1. The number of aromatic nitrogens is 3. The van der Waals surface area contributed by atoms with E-state index in [1.165, 1.54) is 38.5 Å². The van der Waals surface area contributed by atoms with Crippen molar-refractivity contribution >= 4 is 29.6 Å². The number of carbonyl (C=O) groups is 1. The molecule has 1 aliphatic heterocycles. The summed E-state index contributed by atoms with van der Waals surface area (Å²) in [7, 11) is 0. The lowest BCUT2D eigenvalue weighted by molar-refractivity contribution is -0.105. The molecular weight excluding hydrogens is 356 g/mol. The average Bonchev–Trinajstić information content (AvgIpc) is 2.70. The summed E-state index contributed by atoms with van der Waals surface area (Å²) < 4.78 is 0. The molecule has 0 atom stereocenters. The normalized spacial score (nSPS) is 13.3. The van der Waals surface area contributed by atoms with Crippen LogP contribution < -0.4 is 16.0 Å². The van der Waals surface area contributed by atoms with Crippen LogP contribution in [0.25, 0.3) is 11.3 Å². The van der Waals surface area contributed by atoms with Crippen LogP contribution >= 0.6 is 11.6 Å². The second-order valence-corrected chi connectivity index (χ2v) is 5.97. The van der Waals surface area contributed by atoms with Crippen LogP contribution in [-0.4, -0.2) is 52.7 Å². The number of anilines is 2. The Morgan fingerprint density at radius 1 is 1.19 bits per heavy atom. The van der Waals surface area contributed by atoms with Crippen LogP contribution in [-0.2, 0) is 4.79 Å². The van der Waals surface area contributed by atoms with Crippen molar-refractivity contribution in [3.8, 4) is 11.3 Å². The Morgan fingerprint density at radius 2 is 2.00 bits per heavy atom. The molecule has 3 rings (SSSR count). The molecule has 0 unspecified atom stereocenters. The van der Waals surface area contributed by atoms with E-state index in [1.807, 2.05) is 0 Å². The van der Waals surface area contributed by atoms with Crippen LogP contribution in [0.1, 0.15) is 19.3 Å². The molecule has 0 spiro atoms. The van der Waals surface area contributed by atoms with Gasteiger partial charge in [-0.25, -0.2) is 9.97 Å². The lowest BCUT2D eigenvalue weighted by Crippen LogP contribution is -2.21. The average molecular weight is 379 g/mol. The fourth-order valence-corrected chi connectivity index (χ4v) is 2.54. The topological polar surface area (TPSA) is 112 Å². The highest BCUT2D eigenvalue weighted by molar-refractivity contribution is 6.33. The monoisotopic (exact) mass is 378 g/mol. The molecule has 1 amide bonds. The van der Waals surface area contributed by atoms with E-state index in [-0.39, 0.29) is 6.61 Å². The van der Waals surface area contributed by atoms with E-state index in [1.54, 1.807) is 18.5 Å². The van der Waals surface area contributed by atoms with Gasteiger partial charge in [-0.05, 0) is 32.0 Å². The minimum atomic E-state index is -0.00464. The molecule has 2 aromatic rings. The van der Waals surface area contributed by atoms with Crippen LogP contribution in [0.15, 0.2) is 24.7 Å². The number of nitrogens with zero attached hydrogens (tertiary/aromatic N) is 3. The highest BCUT2D eigenvalue weighted by atomic mass is 35.5. The minimum Gasteiger partial charge on any atom is -0.395 e. The Labute approximate surface area is 157 Å². The second kappa shape index (κ2) is 11.3. The summed E-state index contributed by atoms with van der Waals surface area (Å²) in [4.78, 5) is 22.8. The summed E-state index contributed by atoms with van der Waals surface area (Å²) in [5, 5.41) is 17.8. The zero-order chi connectivity index (χ0) is 18.6. The Morgan fingerprint density at radius 3 is 2.62 bits per heavy atom. The van der Waals surface area contributed by atoms with Gasteiger partial charge >= 0.3 is 0 Å². The van der Waals surface area contributed by atoms with Gasteiger partial charge in [-0.3, -0.25) is 9.78 Å². The first kappa shape index (κ1) is 20.0. The van der Waals surface area contributed by atoms with Crippen LogP contribution in [0.2, 0.25) is 5.02 Å². The van der Waals surface area contributed by atoms with Crippen molar-refractivity contribution in [2.75, 3.05) is 36.9 Å². The Balaban J connectivity index is 0.000000342. The van der Waals surface area contributed by atoms with Crippen LogP contribution in [0, 0.1) is 0 Å². The van der Waals surface area contributed by atoms with Gasteiger partial charge in [-0.1, -0.05) is 18.0 Å². The van der Waals surface area contributed by atoms with Gasteiger partial charge in [-0.2, -0.15) is 0 Å². The number of aliphatic hydroxyl groups is 1. The summed E-state index contributed by atoms with van der Waals surface area (Å²) in [6, 6.07) is 1.61. The maximum atomic E-state index is 10.4. The van der Waals surface area contributed by atoms with E-state index in [0.717, 1.165) is 0 Å². The van der Waals surface area contributed by atoms with Gasteiger partial charge in [0.1, 0.15) is 11.6 Å². The first-order chi connectivity index (χ1) is 12.7. The van der Waals surface area contributed by atoms with Gasteiger partial charge in [0, 0.05) is 18.3 Å². The lowest BCUT2D eigenvalue weighted by atomic mass is 10.2. The molecule has 0 saturated carbocycles. The zero-order valence-corrected chi connectivity index (χ0v) is 15.2. The maximum Gasteiger partial charge on any atom is 0.212 e. The summed E-state index contributed by atoms with van der Waals surface area (Å²) in [6.07, 6.45) is 9.27. The number of pyridine rings is 1. The number of nitrogens with one attached hydrogen (secondary N) is 3. The molecule has 4 N–H and O–H groups in total. The minimum absolute atomic E-state index is 0.00464. The van der Waals surface area contributed by atoms with Gasteiger partial charge in [0.05, 0.1) is 29.7 Å². The van der Waals surface area contributed by atoms with E-state index < -0.39 is 0 Å². The first-order valence-corrected chi connectivity index (χ1v) is 8.86. The second-order valence-electron chi connectivity index (χ2n) is 5.56. The summed E-state index contributed by atoms with van der Waals surface area (Å²) in [5.41, 5.74) is 1.14. The molecule has 0 radical (unpaired) electrons. The van der Waals surface area contributed by atoms with Crippen LogP contribution in [0.3, 0.4) is 0 Å². The highest BCUT2D eigenvalue weighted by Gasteiger charge is 2.09. The molecule has 140 valence electrons. The number of halogens is 1. The van der Waals surface area contributed by atoms with Crippen molar-refractivity contribution in [3.05, 3.63) is 29.7 Å². The predicted octanol–water partition coefficient (Wildman–Crippen LogP) is 1.92. The molecule has 0 bridgehead atoms. The smallest absolute Gasteiger partial charge is 0.212 e. The molecule has 1 fully saturated rings. The van der Waals surface area contributed by atoms with E-state index in [2.05, 4.69) is 30.9 Å². The molecule has 1 saturated heterocycles. The molecule has 26 heavy (non-hydrogen) atoms. The highest BCUT2D eigenvalue weighted by Crippen LogP contribution is 2.27. The van der Waals surface area contributed by atoms with E-state index in [4.69, 9.17) is 16.7 Å². The third-order valence-corrected chi connectivity index (χ3v) is 3.90. The number of hydrogen-bond donors (Lipinski definition) is 4. The Hall–Kier alpha value is -2.29. The molecular formula is C17H23ClN6O2. The first-order valence-electron chi connectivity index (χ1n) is 8.48. The standard InChI is InChI=1S/C12H12ClN5O2.C5H11N/c13-9-4-16-11(17-7-20)3-8(9)10-5-14-6-12(18-10)15-1-2-19;1-2-4-6-5-3-1/h3-7,19H,1-2H2,(H,15,18)(H,16,17,20);6H,1-5H2. The quantitative estimate of drug-likeness (QED) is 0.568. The molecule has 0 aliphatic carbocycles. The van der Waals surface area contributed by atoms with E-state index in [9.17, 15) is 4.79 Å². The molecule has 2 aromatic heterocycles. The number of amides is 1. The zero-order valence-electron chi connectivity index (χ0n) is 14.4. The van der Waals surface area contributed by atoms with Crippen molar-refractivity contribution in [3.63, 3.8) is 0 Å². The lowest BCUT2D eigenvalue weighted by Gasteiger charge is -2.08. The summed E-state index contributed by atoms with van der Waals surface area (Å²) >= 11 is 6.08. The third-order valence-electron chi connectivity index (χ3n) is 3.60.